The van der Waals surface area contributed by atoms with Gasteiger partial charge in [-0.25, -0.2) is 14.5 Å². The number of urea groups is 1. The number of amides is 2. The van der Waals surface area contributed by atoms with Crippen LogP contribution in [0.25, 0.3) is 22.6 Å². The minimum atomic E-state index is -4.75. The first-order valence-corrected chi connectivity index (χ1v) is 14.5. The standard InChI is InChI=1S/C31H29F3N6O2S/c1-4-22-7-5-6-8-27(22)39-17-18-43-30(39)37-29(41)36-21(3)20(2)23-9-11-24(12-10-23)28-35-19-40(38-28)25-13-15-26(16-14-25)42-31(32,33)34/h5-16,19H,4,17-18H2,1-3H3,(H,36,41)/b21-20+,37-30?. The second-order valence-corrected chi connectivity index (χ2v) is 10.8. The zero-order valence-corrected chi connectivity index (χ0v) is 24.5. The van der Waals surface area contributed by atoms with Crippen LogP contribution in [0.15, 0.2) is 89.8 Å². The number of hydrogen-bond donors (Lipinski definition) is 1. The lowest BCUT2D eigenvalue weighted by molar-refractivity contribution is -0.274. The number of anilines is 1. The first-order chi connectivity index (χ1) is 20.6. The molecule has 0 aliphatic carbocycles. The Morgan fingerprint density at radius 3 is 2.47 bits per heavy atom. The highest BCUT2D eigenvalue weighted by Crippen LogP contribution is 2.29. The molecule has 1 aliphatic heterocycles. The molecule has 1 N–H and O–H groups in total. The van der Waals surface area contributed by atoms with Gasteiger partial charge in [-0.05, 0) is 67.3 Å². The highest BCUT2D eigenvalue weighted by molar-refractivity contribution is 8.14. The number of para-hydroxylation sites is 1. The van der Waals surface area contributed by atoms with Crippen LogP contribution in [-0.4, -0.2) is 44.6 Å². The van der Waals surface area contributed by atoms with E-state index in [1.807, 2.05) is 50.2 Å². The summed E-state index contributed by atoms with van der Waals surface area (Å²) in [5, 5.41) is 8.03. The van der Waals surface area contributed by atoms with Crippen LogP contribution in [0.3, 0.4) is 0 Å². The van der Waals surface area contributed by atoms with E-state index in [1.165, 1.54) is 40.8 Å². The van der Waals surface area contributed by atoms with Crippen molar-refractivity contribution in [1.82, 2.24) is 20.1 Å². The van der Waals surface area contributed by atoms with Gasteiger partial charge in [-0.15, -0.1) is 18.3 Å². The Kier molecular flexibility index (Phi) is 8.86. The number of rotatable bonds is 7. The highest BCUT2D eigenvalue weighted by atomic mass is 32.2. The van der Waals surface area contributed by atoms with Crippen molar-refractivity contribution in [3.8, 4) is 22.8 Å². The van der Waals surface area contributed by atoms with Gasteiger partial charge >= 0.3 is 12.4 Å². The Labute approximate surface area is 251 Å². The SMILES string of the molecule is CCc1ccccc1N1CCSC1=NC(=O)N/C(C)=C(\C)c1ccc(-c2ncn(-c3ccc(OC(F)(F)F)cc3)n2)cc1. The summed E-state index contributed by atoms with van der Waals surface area (Å²) in [7, 11) is 0. The lowest BCUT2D eigenvalue weighted by Gasteiger charge is -2.21. The molecule has 3 aromatic carbocycles. The molecule has 8 nitrogen and oxygen atoms in total. The molecule has 1 aromatic heterocycles. The van der Waals surface area contributed by atoms with Crippen LogP contribution in [0.4, 0.5) is 23.7 Å². The van der Waals surface area contributed by atoms with Crippen LogP contribution in [0.2, 0.25) is 0 Å². The highest BCUT2D eigenvalue weighted by Gasteiger charge is 2.31. The molecule has 4 aromatic rings. The maximum Gasteiger partial charge on any atom is 0.573 e. The average Bonchev–Trinajstić information content (AvgIpc) is 3.67. The van der Waals surface area contributed by atoms with Gasteiger partial charge in [0.15, 0.2) is 11.0 Å². The summed E-state index contributed by atoms with van der Waals surface area (Å²) in [6, 6.07) is 20.7. The van der Waals surface area contributed by atoms with Gasteiger partial charge in [0, 0.05) is 29.2 Å². The van der Waals surface area contributed by atoms with E-state index in [4.69, 9.17) is 0 Å². The van der Waals surface area contributed by atoms with Gasteiger partial charge in [0.2, 0.25) is 0 Å². The molecule has 0 spiro atoms. The number of hydrogen-bond acceptors (Lipinski definition) is 5. The van der Waals surface area contributed by atoms with E-state index < -0.39 is 12.4 Å². The third-order valence-corrected chi connectivity index (χ3v) is 7.85. The maximum atomic E-state index is 12.9. The van der Waals surface area contributed by atoms with Gasteiger partial charge in [-0.2, -0.15) is 4.99 Å². The zero-order valence-electron chi connectivity index (χ0n) is 23.7. The monoisotopic (exact) mass is 606 g/mol. The number of thioether (sulfide) groups is 1. The summed E-state index contributed by atoms with van der Waals surface area (Å²) >= 11 is 1.57. The quantitative estimate of drug-likeness (QED) is 0.235. The summed E-state index contributed by atoms with van der Waals surface area (Å²) in [4.78, 5) is 23.7. The van der Waals surface area contributed by atoms with Gasteiger partial charge in [-0.3, -0.25) is 0 Å². The van der Waals surface area contributed by atoms with Gasteiger partial charge in [-0.1, -0.05) is 61.2 Å². The van der Waals surface area contributed by atoms with Crippen molar-refractivity contribution in [2.75, 3.05) is 17.2 Å². The number of aryl methyl sites for hydroxylation is 1. The number of carbonyl (C=O) groups excluding carboxylic acids is 1. The van der Waals surface area contributed by atoms with Crippen molar-refractivity contribution in [3.63, 3.8) is 0 Å². The summed E-state index contributed by atoms with van der Waals surface area (Å²) in [6.07, 6.45) is -2.37. The average molecular weight is 607 g/mol. The van der Waals surface area contributed by atoms with E-state index in [-0.39, 0.29) is 5.75 Å². The number of aliphatic imine (C=N–C) groups is 1. The van der Waals surface area contributed by atoms with Gasteiger partial charge in [0.1, 0.15) is 12.1 Å². The van der Waals surface area contributed by atoms with E-state index in [9.17, 15) is 18.0 Å². The van der Waals surface area contributed by atoms with Crippen LogP contribution in [0, 0.1) is 0 Å². The number of benzene rings is 3. The number of halogens is 3. The molecule has 1 fully saturated rings. The van der Waals surface area contributed by atoms with Crippen LogP contribution in [-0.2, 0) is 6.42 Å². The molecule has 0 atom stereocenters. The number of alkyl halides is 3. The smallest absolute Gasteiger partial charge is 0.406 e. The van der Waals surface area contributed by atoms with Gasteiger partial charge in [0.05, 0.1) is 5.69 Å². The van der Waals surface area contributed by atoms with Crippen molar-refractivity contribution in [1.29, 1.82) is 0 Å². The molecule has 43 heavy (non-hydrogen) atoms. The lowest BCUT2D eigenvalue weighted by atomic mass is 10.0. The van der Waals surface area contributed by atoms with E-state index in [2.05, 4.69) is 49.1 Å². The van der Waals surface area contributed by atoms with Crippen molar-refractivity contribution in [2.24, 2.45) is 4.99 Å². The lowest BCUT2D eigenvalue weighted by Crippen LogP contribution is -2.28. The Morgan fingerprint density at radius 1 is 1.05 bits per heavy atom. The van der Waals surface area contributed by atoms with E-state index in [1.54, 1.807) is 11.8 Å². The van der Waals surface area contributed by atoms with E-state index in [0.717, 1.165) is 41.1 Å². The van der Waals surface area contributed by atoms with Crippen molar-refractivity contribution in [3.05, 3.63) is 95.9 Å². The summed E-state index contributed by atoms with van der Waals surface area (Å²) in [6.45, 7) is 6.66. The molecule has 5 rings (SSSR count). The molecular formula is C31H29F3N6O2S. The van der Waals surface area contributed by atoms with Crippen LogP contribution >= 0.6 is 11.8 Å². The number of allylic oxidation sites excluding steroid dienone is 2. The summed E-state index contributed by atoms with van der Waals surface area (Å²) in [5.41, 5.74) is 6.06. The van der Waals surface area contributed by atoms with Crippen LogP contribution in [0.5, 0.6) is 5.75 Å². The third kappa shape index (κ3) is 7.26. The molecule has 0 radical (unpaired) electrons. The second-order valence-electron chi connectivity index (χ2n) is 9.69. The molecule has 1 aliphatic rings. The number of carbonyl (C=O) groups is 1. The minimum absolute atomic E-state index is 0.313. The number of aromatic nitrogens is 3. The molecule has 0 saturated carbocycles. The first-order valence-electron chi connectivity index (χ1n) is 13.6. The zero-order chi connectivity index (χ0) is 30.6. The van der Waals surface area contributed by atoms with Crippen LogP contribution in [0.1, 0.15) is 31.9 Å². The normalized spacial score (nSPS) is 15.0. The van der Waals surface area contributed by atoms with Crippen molar-refractivity contribution in [2.45, 2.75) is 33.6 Å². The van der Waals surface area contributed by atoms with Crippen molar-refractivity contribution < 1.29 is 22.7 Å². The molecule has 2 amide bonds. The van der Waals surface area contributed by atoms with Crippen LogP contribution < -0.4 is 15.0 Å². The topological polar surface area (TPSA) is 84.6 Å². The Morgan fingerprint density at radius 2 is 1.77 bits per heavy atom. The molecule has 12 heteroatoms. The number of amidine groups is 1. The molecule has 222 valence electrons. The fourth-order valence-corrected chi connectivity index (χ4v) is 5.52. The number of ether oxygens (including phenoxy) is 1. The fourth-order valence-electron chi connectivity index (χ4n) is 4.57. The summed E-state index contributed by atoms with van der Waals surface area (Å²) < 4.78 is 42.6. The Balaban J connectivity index is 1.25. The molecule has 0 unspecified atom stereocenters. The van der Waals surface area contributed by atoms with E-state index >= 15 is 0 Å². The Hall–Kier alpha value is -4.58. The largest absolute Gasteiger partial charge is 0.573 e. The fraction of sp³-hybridized carbons (Fsp3) is 0.226. The summed E-state index contributed by atoms with van der Waals surface area (Å²) in [5.74, 6) is 1.00. The van der Waals surface area contributed by atoms with Gasteiger partial charge in [0.25, 0.3) is 0 Å². The maximum absolute atomic E-state index is 12.9. The molecular weight excluding hydrogens is 577 g/mol. The predicted molar refractivity (Wildman–Crippen MR) is 163 cm³/mol. The minimum Gasteiger partial charge on any atom is -0.406 e. The number of nitrogens with one attached hydrogen (secondary N) is 1. The first kappa shape index (κ1) is 29.9. The predicted octanol–water partition coefficient (Wildman–Crippen LogP) is 7.47. The molecule has 2 heterocycles. The molecule has 1 saturated heterocycles. The molecule has 0 bridgehead atoms. The van der Waals surface area contributed by atoms with Gasteiger partial charge < -0.3 is 15.0 Å². The van der Waals surface area contributed by atoms with E-state index in [0.29, 0.717) is 22.4 Å². The number of nitrogens with zero attached hydrogens (tertiary/aromatic N) is 5. The third-order valence-electron chi connectivity index (χ3n) is 6.90. The van der Waals surface area contributed by atoms with Crippen molar-refractivity contribution >= 4 is 34.2 Å². The second kappa shape index (κ2) is 12.7. The Bertz CT molecular complexity index is 1660.